The number of rotatable bonds is 2. The summed E-state index contributed by atoms with van der Waals surface area (Å²) in [4.78, 5) is 19.2. The van der Waals surface area contributed by atoms with Crippen LogP contribution in [0.15, 0.2) is 35.1 Å². The van der Waals surface area contributed by atoms with Crippen LogP contribution in [0.25, 0.3) is 11.4 Å². The van der Waals surface area contributed by atoms with Crippen LogP contribution in [0.4, 0.5) is 0 Å². The first-order chi connectivity index (χ1) is 9.22. The van der Waals surface area contributed by atoms with E-state index in [1.54, 1.807) is 6.07 Å². The molecule has 1 aliphatic rings. The van der Waals surface area contributed by atoms with Crippen LogP contribution >= 0.6 is 11.6 Å². The molecule has 3 rings (SSSR count). The van der Waals surface area contributed by atoms with Gasteiger partial charge in [0.15, 0.2) is 0 Å². The third kappa shape index (κ3) is 2.71. The molecule has 0 unspecified atom stereocenters. The number of H-pyrrole nitrogens is 1. The van der Waals surface area contributed by atoms with Crippen molar-refractivity contribution in [2.75, 3.05) is 0 Å². The number of hydrogen-bond donors (Lipinski definition) is 1. The molecule has 0 spiro atoms. The lowest BCUT2D eigenvalue weighted by Gasteiger charge is -2.09. The largest absolute Gasteiger partial charge is 0.307 e. The fourth-order valence-corrected chi connectivity index (χ4v) is 2.87. The van der Waals surface area contributed by atoms with E-state index in [2.05, 4.69) is 9.97 Å². The number of aromatic amines is 1. The second-order valence-electron chi connectivity index (χ2n) is 5.01. The zero-order valence-electron chi connectivity index (χ0n) is 10.5. The summed E-state index contributed by atoms with van der Waals surface area (Å²) in [6.45, 7) is 0. The molecule has 0 amide bonds. The highest BCUT2D eigenvalue weighted by atomic mass is 35.5. The van der Waals surface area contributed by atoms with Crippen molar-refractivity contribution in [1.82, 2.24) is 9.97 Å². The third-order valence-corrected chi connectivity index (χ3v) is 3.87. The molecule has 3 nitrogen and oxygen atoms in total. The average Bonchev–Trinajstić information content (AvgIpc) is 2.92. The van der Waals surface area contributed by atoms with Crippen molar-refractivity contribution < 1.29 is 0 Å². The smallest absolute Gasteiger partial charge is 0.251 e. The van der Waals surface area contributed by atoms with Crippen LogP contribution in [-0.2, 0) is 0 Å². The summed E-state index contributed by atoms with van der Waals surface area (Å²) < 4.78 is 0. The van der Waals surface area contributed by atoms with Gasteiger partial charge in [0.2, 0.25) is 0 Å². The minimum absolute atomic E-state index is 0.0909. The Balaban J connectivity index is 2.04. The lowest BCUT2D eigenvalue weighted by molar-refractivity contribution is 0.693. The Kier molecular flexibility index (Phi) is 3.38. The van der Waals surface area contributed by atoms with Crippen molar-refractivity contribution in [2.24, 2.45) is 0 Å². The molecule has 1 N–H and O–H groups in total. The summed E-state index contributed by atoms with van der Waals surface area (Å²) >= 11 is 5.98. The zero-order valence-corrected chi connectivity index (χ0v) is 11.3. The number of benzene rings is 1. The van der Waals surface area contributed by atoms with Crippen molar-refractivity contribution in [3.05, 3.63) is 51.4 Å². The molecule has 1 aliphatic carbocycles. The van der Waals surface area contributed by atoms with Gasteiger partial charge in [0.25, 0.3) is 5.56 Å². The average molecular weight is 275 g/mol. The topological polar surface area (TPSA) is 45.8 Å². The molecule has 1 fully saturated rings. The van der Waals surface area contributed by atoms with E-state index < -0.39 is 0 Å². The van der Waals surface area contributed by atoms with Crippen LogP contribution in [0.5, 0.6) is 0 Å². The maximum atomic E-state index is 11.8. The second-order valence-corrected chi connectivity index (χ2v) is 5.45. The monoisotopic (exact) mass is 274 g/mol. The summed E-state index contributed by atoms with van der Waals surface area (Å²) in [5, 5.41) is 0.645. The predicted octanol–water partition coefficient (Wildman–Crippen LogP) is 3.75. The lowest BCUT2D eigenvalue weighted by Crippen LogP contribution is -2.12. The molecule has 1 aromatic carbocycles. The van der Waals surface area contributed by atoms with Gasteiger partial charge in [-0.3, -0.25) is 4.79 Å². The molecule has 98 valence electrons. The minimum atomic E-state index is -0.0909. The maximum absolute atomic E-state index is 11.8. The van der Waals surface area contributed by atoms with Crippen LogP contribution in [0, 0.1) is 0 Å². The molecule has 0 atom stereocenters. The van der Waals surface area contributed by atoms with Crippen LogP contribution in [-0.4, -0.2) is 9.97 Å². The first kappa shape index (κ1) is 12.4. The van der Waals surface area contributed by atoms with Gasteiger partial charge in [0.1, 0.15) is 5.82 Å². The second kappa shape index (κ2) is 5.17. The van der Waals surface area contributed by atoms with Gasteiger partial charge in [0, 0.05) is 22.6 Å². The molecule has 2 aromatic rings. The van der Waals surface area contributed by atoms with Crippen molar-refractivity contribution in [3.8, 4) is 11.4 Å². The van der Waals surface area contributed by atoms with E-state index >= 15 is 0 Å². The van der Waals surface area contributed by atoms with Gasteiger partial charge >= 0.3 is 0 Å². The van der Waals surface area contributed by atoms with E-state index in [0.717, 1.165) is 24.1 Å². The Morgan fingerprint density at radius 3 is 2.74 bits per heavy atom. The van der Waals surface area contributed by atoms with Crippen LogP contribution in [0.1, 0.15) is 37.3 Å². The Labute approximate surface area is 116 Å². The van der Waals surface area contributed by atoms with Gasteiger partial charge in [-0.1, -0.05) is 36.6 Å². The third-order valence-electron chi connectivity index (χ3n) is 3.63. The number of nitrogens with zero attached hydrogens (tertiary/aromatic N) is 1. The van der Waals surface area contributed by atoms with E-state index in [1.807, 2.05) is 24.3 Å². The highest BCUT2D eigenvalue weighted by Crippen LogP contribution is 2.33. The summed E-state index contributed by atoms with van der Waals surface area (Å²) in [6.07, 6.45) is 4.72. The van der Waals surface area contributed by atoms with Crippen LogP contribution in [0.2, 0.25) is 5.02 Å². The molecular weight excluding hydrogens is 260 g/mol. The molecule has 0 radical (unpaired) electrons. The Morgan fingerprint density at radius 1 is 1.21 bits per heavy atom. The number of aromatic nitrogens is 2. The van der Waals surface area contributed by atoms with Gasteiger partial charge in [-0.25, -0.2) is 4.98 Å². The highest BCUT2D eigenvalue weighted by molar-refractivity contribution is 6.30. The summed E-state index contributed by atoms with van der Waals surface area (Å²) in [6, 6.07) is 9.02. The van der Waals surface area contributed by atoms with E-state index in [-0.39, 0.29) is 5.56 Å². The zero-order chi connectivity index (χ0) is 13.2. The molecule has 1 saturated carbocycles. The number of halogens is 1. The lowest BCUT2D eigenvalue weighted by atomic mass is 10.0. The molecule has 0 aliphatic heterocycles. The van der Waals surface area contributed by atoms with Crippen molar-refractivity contribution in [2.45, 2.75) is 31.6 Å². The number of hydrogen-bond acceptors (Lipinski definition) is 2. The Morgan fingerprint density at radius 2 is 2.00 bits per heavy atom. The first-order valence-corrected chi connectivity index (χ1v) is 6.97. The van der Waals surface area contributed by atoms with Gasteiger partial charge in [0.05, 0.1) is 5.69 Å². The fraction of sp³-hybridized carbons (Fsp3) is 0.333. The van der Waals surface area contributed by atoms with E-state index in [0.29, 0.717) is 16.8 Å². The molecule has 19 heavy (non-hydrogen) atoms. The van der Waals surface area contributed by atoms with Gasteiger partial charge in [-0.2, -0.15) is 0 Å². The fourth-order valence-electron chi connectivity index (χ4n) is 2.68. The van der Waals surface area contributed by atoms with Crippen LogP contribution in [0.3, 0.4) is 0 Å². The molecule has 4 heteroatoms. The normalized spacial score (nSPS) is 15.8. The molecule has 0 saturated heterocycles. The first-order valence-electron chi connectivity index (χ1n) is 6.59. The molecular formula is C15H15ClN2O. The van der Waals surface area contributed by atoms with Gasteiger partial charge < -0.3 is 4.98 Å². The summed E-state index contributed by atoms with van der Waals surface area (Å²) in [5.41, 5.74) is 1.67. The predicted molar refractivity (Wildman–Crippen MR) is 76.5 cm³/mol. The summed E-state index contributed by atoms with van der Waals surface area (Å²) in [7, 11) is 0. The van der Waals surface area contributed by atoms with Crippen LogP contribution < -0.4 is 5.56 Å². The Bertz CT molecular complexity index is 645. The minimum Gasteiger partial charge on any atom is -0.307 e. The SMILES string of the molecule is O=c1cc(C2CCCC2)nc(-c2cccc(Cl)c2)[nH]1. The van der Waals surface area contributed by atoms with E-state index in [1.165, 1.54) is 12.8 Å². The maximum Gasteiger partial charge on any atom is 0.251 e. The van der Waals surface area contributed by atoms with Gasteiger partial charge in [-0.05, 0) is 25.0 Å². The Hall–Kier alpha value is -1.61. The van der Waals surface area contributed by atoms with Crippen molar-refractivity contribution >= 4 is 11.6 Å². The van der Waals surface area contributed by atoms with Crippen molar-refractivity contribution in [1.29, 1.82) is 0 Å². The standard InChI is InChI=1S/C15H15ClN2O/c16-12-7-3-6-11(8-12)15-17-13(9-14(19)18-15)10-4-1-2-5-10/h3,6-10H,1-2,4-5H2,(H,17,18,19). The van der Waals surface area contributed by atoms with E-state index in [9.17, 15) is 4.79 Å². The van der Waals surface area contributed by atoms with E-state index in [4.69, 9.17) is 11.6 Å². The number of nitrogens with one attached hydrogen (secondary N) is 1. The molecule has 0 bridgehead atoms. The molecule has 1 aromatic heterocycles. The van der Waals surface area contributed by atoms with Crippen molar-refractivity contribution in [3.63, 3.8) is 0 Å². The highest BCUT2D eigenvalue weighted by Gasteiger charge is 2.19. The van der Waals surface area contributed by atoms with Gasteiger partial charge in [-0.15, -0.1) is 0 Å². The quantitative estimate of drug-likeness (QED) is 0.906. The summed E-state index contributed by atoms with van der Waals surface area (Å²) in [5.74, 6) is 1.04. The molecule has 1 heterocycles.